The molecule has 5 amide bonds. The molecule has 0 aromatic carbocycles. The Balaban J connectivity index is 3.65. The van der Waals surface area contributed by atoms with Gasteiger partial charge in [0.2, 0.25) is 29.5 Å². The number of rotatable bonds is 40. The van der Waals surface area contributed by atoms with Crippen molar-refractivity contribution in [2.45, 2.75) is 122 Å². The van der Waals surface area contributed by atoms with Gasteiger partial charge in [-0.25, -0.2) is 4.79 Å². The van der Waals surface area contributed by atoms with Crippen LogP contribution in [0.1, 0.15) is 116 Å². The third-order valence-electron chi connectivity index (χ3n) is 8.25. The first-order valence-electron chi connectivity index (χ1n) is 20.2. The second kappa shape index (κ2) is 38.0. The van der Waals surface area contributed by atoms with Crippen LogP contribution in [-0.2, 0) is 52.5 Å². The standard InChI is InChI=1S/C38H69N5O13/c1-2-32(44)39-19-13-14-20-40-35(47)29-55-27-26-54-24-22-42-36(48)30-56-28-25-53-23-21-41-33(45)18-17-31(38(51)52)43-34(46)15-11-9-7-5-3-4-6-8-10-12-16-37(49)50/h31H,2-30H2,1H3,(H,39,44)(H,40,47)(H,41,45)(H,42,48)(H,43,46)(H,49,50)(H,51,52)/t31-/m0/s1. The number of carbonyl (C=O) groups excluding carboxylic acids is 5. The molecule has 0 aromatic rings. The molecular weight excluding hydrogens is 734 g/mol. The van der Waals surface area contributed by atoms with Crippen molar-refractivity contribution in [3.05, 3.63) is 0 Å². The molecule has 0 saturated carbocycles. The van der Waals surface area contributed by atoms with E-state index < -0.39 is 18.0 Å². The van der Waals surface area contributed by atoms with Gasteiger partial charge >= 0.3 is 11.9 Å². The van der Waals surface area contributed by atoms with Crippen LogP contribution in [0.5, 0.6) is 0 Å². The lowest BCUT2D eigenvalue weighted by molar-refractivity contribution is -0.142. The van der Waals surface area contributed by atoms with Crippen LogP contribution >= 0.6 is 0 Å². The van der Waals surface area contributed by atoms with Crippen LogP contribution in [0.4, 0.5) is 0 Å². The van der Waals surface area contributed by atoms with Crippen LogP contribution in [0.15, 0.2) is 0 Å². The highest BCUT2D eigenvalue weighted by molar-refractivity contribution is 5.84. The van der Waals surface area contributed by atoms with Gasteiger partial charge in [0.15, 0.2) is 0 Å². The van der Waals surface area contributed by atoms with Gasteiger partial charge in [0.1, 0.15) is 19.3 Å². The van der Waals surface area contributed by atoms with Gasteiger partial charge in [0.05, 0.1) is 39.6 Å². The zero-order chi connectivity index (χ0) is 41.5. The highest BCUT2D eigenvalue weighted by atomic mass is 16.5. The smallest absolute Gasteiger partial charge is 0.326 e. The molecule has 0 heterocycles. The molecule has 18 nitrogen and oxygen atoms in total. The molecule has 0 aliphatic carbocycles. The molecule has 1 atom stereocenters. The molecule has 18 heteroatoms. The predicted molar refractivity (Wildman–Crippen MR) is 207 cm³/mol. The number of hydrogen-bond acceptors (Lipinski definition) is 11. The van der Waals surface area contributed by atoms with Gasteiger partial charge in [-0.3, -0.25) is 28.8 Å². The maximum atomic E-state index is 12.2. The highest BCUT2D eigenvalue weighted by Gasteiger charge is 2.20. The SMILES string of the molecule is CCC(=O)NCCCCNC(=O)COCCOCCNC(=O)COCCOCCNC(=O)CC[C@H](NC(=O)CCCCCCCCCCCCC(=O)O)C(=O)O. The van der Waals surface area contributed by atoms with Crippen molar-refractivity contribution in [1.29, 1.82) is 0 Å². The molecular formula is C38H69N5O13. The monoisotopic (exact) mass is 803 g/mol. The Morgan fingerprint density at radius 3 is 1.36 bits per heavy atom. The molecule has 324 valence electrons. The van der Waals surface area contributed by atoms with E-state index in [-0.39, 0.29) is 121 Å². The summed E-state index contributed by atoms with van der Waals surface area (Å²) in [6, 6.07) is -1.15. The van der Waals surface area contributed by atoms with Gasteiger partial charge in [-0.05, 0) is 32.1 Å². The number of ether oxygens (including phenoxy) is 4. The lowest BCUT2D eigenvalue weighted by Gasteiger charge is -2.14. The van der Waals surface area contributed by atoms with E-state index in [1.54, 1.807) is 6.92 Å². The number of hydrogen-bond donors (Lipinski definition) is 7. The minimum absolute atomic E-state index is 0.0100. The Labute approximate surface area is 331 Å². The molecule has 7 N–H and O–H groups in total. The fourth-order valence-corrected chi connectivity index (χ4v) is 5.09. The summed E-state index contributed by atoms with van der Waals surface area (Å²) in [5, 5.41) is 31.4. The molecule has 0 saturated heterocycles. The maximum absolute atomic E-state index is 12.2. The number of amides is 5. The molecule has 0 rings (SSSR count). The van der Waals surface area contributed by atoms with Crippen LogP contribution < -0.4 is 26.6 Å². The minimum Gasteiger partial charge on any atom is -0.481 e. The van der Waals surface area contributed by atoms with Crippen molar-refractivity contribution in [2.75, 3.05) is 79.0 Å². The largest absolute Gasteiger partial charge is 0.481 e. The van der Waals surface area contributed by atoms with Gasteiger partial charge in [0, 0.05) is 51.9 Å². The molecule has 0 aromatic heterocycles. The summed E-state index contributed by atoms with van der Waals surface area (Å²) < 4.78 is 21.3. The zero-order valence-electron chi connectivity index (χ0n) is 33.5. The van der Waals surface area contributed by atoms with Crippen LogP contribution in [0.3, 0.4) is 0 Å². The first-order chi connectivity index (χ1) is 27.0. The third kappa shape index (κ3) is 37.1. The van der Waals surface area contributed by atoms with Crippen LogP contribution in [-0.4, -0.2) is 137 Å². The zero-order valence-corrected chi connectivity index (χ0v) is 33.5. The summed E-state index contributed by atoms with van der Waals surface area (Å²) in [6.45, 7) is 4.46. The molecule has 0 bridgehead atoms. The van der Waals surface area contributed by atoms with Gasteiger partial charge in [-0.1, -0.05) is 58.3 Å². The summed E-state index contributed by atoms with van der Waals surface area (Å²) in [5.74, 6) is -3.19. The van der Waals surface area contributed by atoms with Crippen molar-refractivity contribution in [3.8, 4) is 0 Å². The van der Waals surface area contributed by atoms with E-state index in [9.17, 15) is 38.7 Å². The number of carboxylic acid groups (broad SMARTS) is 2. The average Bonchev–Trinajstić information content (AvgIpc) is 3.16. The molecule has 0 radical (unpaired) electrons. The maximum Gasteiger partial charge on any atom is 0.326 e. The normalized spacial score (nSPS) is 11.4. The fourth-order valence-electron chi connectivity index (χ4n) is 5.09. The Morgan fingerprint density at radius 1 is 0.446 bits per heavy atom. The lowest BCUT2D eigenvalue weighted by Crippen LogP contribution is -2.41. The van der Waals surface area contributed by atoms with Gasteiger partial charge in [-0.15, -0.1) is 0 Å². The Hall–Kier alpha value is -3.87. The molecule has 0 fully saturated rings. The van der Waals surface area contributed by atoms with Gasteiger partial charge in [0.25, 0.3) is 0 Å². The van der Waals surface area contributed by atoms with Crippen molar-refractivity contribution in [1.82, 2.24) is 26.6 Å². The second-order valence-electron chi connectivity index (χ2n) is 13.2. The van der Waals surface area contributed by atoms with E-state index in [0.29, 0.717) is 25.9 Å². The summed E-state index contributed by atoms with van der Waals surface area (Å²) in [4.78, 5) is 81.2. The first kappa shape index (κ1) is 52.1. The number of carboxylic acids is 2. The van der Waals surface area contributed by atoms with Gasteiger partial charge < -0.3 is 55.7 Å². The average molecular weight is 804 g/mol. The van der Waals surface area contributed by atoms with Gasteiger partial charge in [-0.2, -0.15) is 0 Å². The van der Waals surface area contributed by atoms with E-state index in [2.05, 4.69) is 26.6 Å². The molecule has 0 aliphatic heterocycles. The highest BCUT2D eigenvalue weighted by Crippen LogP contribution is 2.12. The second-order valence-corrected chi connectivity index (χ2v) is 13.2. The Bertz CT molecular complexity index is 1100. The van der Waals surface area contributed by atoms with Crippen molar-refractivity contribution in [3.63, 3.8) is 0 Å². The first-order valence-corrected chi connectivity index (χ1v) is 20.2. The Morgan fingerprint density at radius 2 is 0.875 bits per heavy atom. The topological polar surface area (TPSA) is 257 Å². The summed E-state index contributed by atoms with van der Waals surface area (Å²) in [7, 11) is 0. The van der Waals surface area contributed by atoms with Crippen LogP contribution in [0, 0.1) is 0 Å². The van der Waals surface area contributed by atoms with Crippen molar-refractivity contribution < 1.29 is 62.7 Å². The van der Waals surface area contributed by atoms with Crippen LogP contribution in [0.2, 0.25) is 0 Å². The molecule has 0 spiro atoms. The van der Waals surface area contributed by atoms with Crippen LogP contribution in [0.25, 0.3) is 0 Å². The van der Waals surface area contributed by atoms with Crippen molar-refractivity contribution in [2.24, 2.45) is 0 Å². The number of aliphatic carboxylic acids is 2. The van der Waals surface area contributed by atoms with E-state index in [0.717, 1.165) is 70.6 Å². The Kier molecular flexibility index (Phi) is 35.4. The van der Waals surface area contributed by atoms with Crippen molar-refractivity contribution >= 4 is 41.5 Å². The predicted octanol–water partition coefficient (Wildman–Crippen LogP) is 1.82. The van der Waals surface area contributed by atoms with E-state index in [4.69, 9.17) is 24.1 Å². The summed E-state index contributed by atoms with van der Waals surface area (Å²) in [5.41, 5.74) is 0. The fraction of sp³-hybridized carbons (Fsp3) is 0.816. The minimum atomic E-state index is -1.19. The number of carbonyl (C=O) groups is 7. The summed E-state index contributed by atoms with van der Waals surface area (Å²) in [6.07, 6.45) is 12.0. The number of nitrogens with one attached hydrogen (secondary N) is 5. The van der Waals surface area contributed by atoms with E-state index >= 15 is 0 Å². The number of unbranched alkanes of at least 4 members (excludes halogenated alkanes) is 10. The van der Waals surface area contributed by atoms with E-state index in [1.165, 1.54) is 0 Å². The quantitative estimate of drug-likeness (QED) is 0.0437. The molecule has 0 aliphatic rings. The third-order valence-corrected chi connectivity index (χ3v) is 8.25. The molecule has 0 unspecified atom stereocenters. The van der Waals surface area contributed by atoms with E-state index in [1.807, 2.05) is 0 Å². The lowest BCUT2D eigenvalue weighted by atomic mass is 10.0. The summed E-state index contributed by atoms with van der Waals surface area (Å²) >= 11 is 0. The molecule has 56 heavy (non-hydrogen) atoms.